The highest BCUT2D eigenvalue weighted by molar-refractivity contribution is 9.10. The average Bonchev–Trinajstić information content (AvgIpc) is 2.90. The number of ketones is 1. The SMILES string of the molecule is O=C1C[C@H]2[C@H]3[C@@H]4[C@@H]5[C@H]([C@H]2[C@@]5(Br)C32OCCO2)[C@@]14Br. The highest BCUT2D eigenvalue weighted by Gasteiger charge is 3.01. The van der Waals surface area contributed by atoms with E-state index in [1.165, 1.54) is 0 Å². The number of ether oxygens (including phenoxy) is 2. The first-order chi connectivity index (χ1) is 8.58. The Kier molecular flexibility index (Phi) is 1.39. The van der Waals surface area contributed by atoms with Crippen LogP contribution in [0.15, 0.2) is 0 Å². The van der Waals surface area contributed by atoms with E-state index in [1.54, 1.807) is 0 Å². The first-order valence-electron chi connectivity index (χ1n) is 6.77. The van der Waals surface area contributed by atoms with Crippen LogP contribution in [-0.2, 0) is 14.3 Å². The Morgan fingerprint density at radius 3 is 2.39 bits per heavy atom. The summed E-state index contributed by atoms with van der Waals surface area (Å²) in [5.41, 5.74) is 0. The van der Waals surface area contributed by atoms with E-state index in [9.17, 15) is 4.79 Å². The Bertz CT molecular complexity index is 530. The van der Waals surface area contributed by atoms with Gasteiger partial charge < -0.3 is 9.47 Å². The van der Waals surface area contributed by atoms with Gasteiger partial charge in [0.15, 0.2) is 5.79 Å². The normalized spacial score (nSPS) is 71.8. The zero-order valence-electron chi connectivity index (χ0n) is 9.57. The Hall–Kier alpha value is 0.550. The van der Waals surface area contributed by atoms with Gasteiger partial charge in [-0.3, -0.25) is 4.79 Å². The van der Waals surface area contributed by atoms with E-state index in [0.29, 0.717) is 54.5 Å². The van der Waals surface area contributed by atoms with Crippen molar-refractivity contribution >= 4 is 37.6 Å². The molecule has 1 aliphatic heterocycles. The minimum absolute atomic E-state index is 0.0130. The fourth-order valence-corrected chi connectivity index (χ4v) is 9.84. The van der Waals surface area contributed by atoms with Crippen LogP contribution in [0, 0.1) is 35.5 Å². The van der Waals surface area contributed by atoms with Crippen LogP contribution >= 0.6 is 31.9 Å². The molecular formula is C13H12Br2O3. The van der Waals surface area contributed by atoms with Crippen molar-refractivity contribution in [1.29, 1.82) is 0 Å². The van der Waals surface area contributed by atoms with Crippen molar-refractivity contribution in [1.82, 2.24) is 0 Å². The van der Waals surface area contributed by atoms with Gasteiger partial charge in [-0.1, -0.05) is 31.9 Å². The molecule has 1 heterocycles. The van der Waals surface area contributed by atoms with Gasteiger partial charge in [0.1, 0.15) is 5.78 Å². The Labute approximate surface area is 121 Å². The molecule has 7 rings (SSSR count). The molecule has 4 bridgehead atoms. The third-order valence-corrected chi connectivity index (χ3v) is 10.1. The lowest BCUT2D eigenvalue weighted by Gasteiger charge is -2.78. The Morgan fingerprint density at radius 2 is 1.67 bits per heavy atom. The van der Waals surface area contributed by atoms with Gasteiger partial charge in [-0.2, -0.15) is 0 Å². The first kappa shape index (κ1) is 10.3. The third kappa shape index (κ3) is 0.587. The second-order valence-corrected chi connectivity index (χ2v) is 9.44. The molecule has 0 amide bonds. The van der Waals surface area contributed by atoms with Gasteiger partial charge in [0.25, 0.3) is 0 Å². The van der Waals surface area contributed by atoms with E-state index in [2.05, 4.69) is 31.9 Å². The lowest BCUT2D eigenvalue weighted by Crippen LogP contribution is -2.85. The molecule has 0 aromatic heterocycles. The van der Waals surface area contributed by atoms with E-state index in [0.717, 1.165) is 6.42 Å². The van der Waals surface area contributed by atoms with Crippen molar-refractivity contribution < 1.29 is 14.3 Å². The van der Waals surface area contributed by atoms with Crippen molar-refractivity contribution in [2.45, 2.75) is 20.9 Å². The van der Waals surface area contributed by atoms with Crippen LogP contribution in [0.2, 0.25) is 0 Å². The van der Waals surface area contributed by atoms with Gasteiger partial charge in [-0.15, -0.1) is 0 Å². The molecule has 0 N–H and O–H groups in total. The number of fused-ring (bicyclic) bond motifs is 1. The van der Waals surface area contributed by atoms with E-state index in [4.69, 9.17) is 9.47 Å². The fourth-order valence-electron chi connectivity index (χ4n) is 6.85. The molecule has 1 saturated heterocycles. The zero-order chi connectivity index (χ0) is 12.1. The predicted molar refractivity (Wildman–Crippen MR) is 68.5 cm³/mol. The number of halogens is 2. The summed E-state index contributed by atoms with van der Waals surface area (Å²) >= 11 is 7.84. The van der Waals surface area contributed by atoms with E-state index < -0.39 is 5.79 Å². The molecule has 8 atom stereocenters. The van der Waals surface area contributed by atoms with Crippen molar-refractivity contribution in [2.24, 2.45) is 35.5 Å². The minimum Gasteiger partial charge on any atom is -0.346 e. The number of hydrogen-bond acceptors (Lipinski definition) is 3. The molecule has 1 spiro atoms. The maximum Gasteiger partial charge on any atom is 0.187 e. The van der Waals surface area contributed by atoms with Crippen molar-refractivity contribution in [3.63, 3.8) is 0 Å². The summed E-state index contributed by atoms with van der Waals surface area (Å²) in [5, 5.41) is 0. The number of Topliss-reactive ketones (excluding diaryl/α,β-unsaturated/α-hetero) is 1. The van der Waals surface area contributed by atoms with E-state index >= 15 is 0 Å². The summed E-state index contributed by atoms with van der Waals surface area (Å²) in [6.45, 7) is 1.41. The maximum absolute atomic E-state index is 12.3. The van der Waals surface area contributed by atoms with Gasteiger partial charge in [0, 0.05) is 12.3 Å². The molecule has 7 aliphatic rings. The zero-order valence-corrected chi connectivity index (χ0v) is 12.7. The van der Waals surface area contributed by atoms with Gasteiger partial charge in [0.05, 0.1) is 21.9 Å². The number of carbonyl (C=O) groups is 1. The van der Waals surface area contributed by atoms with Gasteiger partial charge in [-0.05, 0) is 29.6 Å². The quantitative estimate of drug-likeness (QED) is 0.605. The Balaban J connectivity index is 1.64. The molecule has 6 aliphatic carbocycles. The molecule has 0 radical (unpaired) electrons. The summed E-state index contributed by atoms with van der Waals surface area (Å²) in [5.74, 6) is 3.09. The minimum atomic E-state index is -0.412. The second kappa shape index (κ2) is 2.42. The lowest BCUT2D eigenvalue weighted by atomic mass is 9.30. The molecule has 0 aromatic carbocycles. The lowest BCUT2D eigenvalue weighted by molar-refractivity contribution is -0.225. The number of carbonyl (C=O) groups excluding carboxylic acids is 1. The summed E-state index contributed by atoms with van der Waals surface area (Å²) in [6.07, 6.45) is 0.724. The third-order valence-electron chi connectivity index (χ3n) is 6.95. The molecule has 7 fully saturated rings. The molecule has 0 unspecified atom stereocenters. The molecule has 6 saturated carbocycles. The largest absolute Gasteiger partial charge is 0.346 e. The number of hydrogen-bond donors (Lipinski definition) is 0. The smallest absolute Gasteiger partial charge is 0.187 e. The van der Waals surface area contributed by atoms with Crippen LogP contribution in [0.5, 0.6) is 0 Å². The van der Waals surface area contributed by atoms with Gasteiger partial charge in [0.2, 0.25) is 0 Å². The second-order valence-electron chi connectivity index (χ2n) is 6.82. The van der Waals surface area contributed by atoms with Crippen LogP contribution in [0.25, 0.3) is 0 Å². The maximum atomic E-state index is 12.3. The van der Waals surface area contributed by atoms with Crippen LogP contribution in [-0.4, -0.2) is 33.4 Å². The molecule has 3 nitrogen and oxygen atoms in total. The highest BCUT2D eigenvalue weighted by Crippen LogP contribution is 2.94. The Morgan fingerprint density at radius 1 is 1.00 bits per heavy atom. The number of alkyl halides is 2. The molecule has 96 valence electrons. The van der Waals surface area contributed by atoms with Crippen LogP contribution in [0.3, 0.4) is 0 Å². The summed E-state index contributed by atoms with van der Waals surface area (Å²) in [6, 6.07) is 0. The van der Waals surface area contributed by atoms with E-state index in [-0.39, 0.29) is 8.65 Å². The molecule has 18 heavy (non-hydrogen) atoms. The van der Waals surface area contributed by atoms with Gasteiger partial charge in [-0.25, -0.2) is 0 Å². The standard InChI is InChI=1S/C13H12Br2O3/c14-11-5(16)3-4-6-8(11)10-9(11)7(4)13(12(6,10)15)17-1-2-18-13/h4,6-10H,1-3H2/t4-,6+,7+,8+,9-,10+,11+,12+/m1/s1. The topological polar surface area (TPSA) is 35.5 Å². The fraction of sp³-hybridized carbons (Fsp3) is 0.923. The van der Waals surface area contributed by atoms with Gasteiger partial charge >= 0.3 is 0 Å². The summed E-state index contributed by atoms with van der Waals surface area (Å²) in [4.78, 5) is 12.3. The van der Waals surface area contributed by atoms with Crippen molar-refractivity contribution in [3.8, 4) is 0 Å². The summed E-state index contributed by atoms with van der Waals surface area (Å²) in [7, 11) is 0. The summed E-state index contributed by atoms with van der Waals surface area (Å²) < 4.78 is 12.0. The van der Waals surface area contributed by atoms with Crippen molar-refractivity contribution in [3.05, 3.63) is 0 Å². The highest BCUT2D eigenvalue weighted by atomic mass is 79.9. The van der Waals surface area contributed by atoms with Crippen LogP contribution in [0.4, 0.5) is 0 Å². The average molecular weight is 376 g/mol. The van der Waals surface area contributed by atoms with Crippen LogP contribution < -0.4 is 0 Å². The molecular weight excluding hydrogens is 364 g/mol. The molecule has 5 heteroatoms. The first-order valence-corrected chi connectivity index (χ1v) is 8.36. The predicted octanol–water partition coefficient (Wildman–Crippen LogP) is 1.72. The molecule has 0 aromatic rings. The van der Waals surface area contributed by atoms with Crippen LogP contribution in [0.1, 0.15) is 6.42 Å². The van der Waals surface area contributed by atoms with E-state index in [1.807, 2.05) is 0 Å². The van der Waals surface area contributed by atoms with Crippen molar-refractivity contribution in [2.75, 3.05) is 13.2 Å². The number of rotatable bonds is 0. The monoisotopic (exact) mass is 374 g/mol.